The van der Waals surface area contributed by atoms with Crippen LogP contribution in [0.1, 0.15) is 31.7 Å². The van der Waals surface area contributed by atoms with Crippen molar-refractivity contribution in [1.29, 1.82) is 0 Å². The lowest BCUT2D eigenvalue weighted by atomic mass is 9.75. The van der Waals surface area contributed by atoms with Gasteiger partial charge in [0.25, 0.3) is 0 Å². The zero-order chi connectivity index (χ0) is 19.8. The van der Waals surface area contributed by atoms with Crippen molar-refractivity contribution in [3.05, 3.63) is 48.3 Å². The number of rotatable bonds is 9. The molecule has 6 nitrogen and oxygen atoms in total. The molecule has 1 aromatic carbocycles. The first kappa shape index (κ1) is 20.4. The van der Waals surface area contributed by atoms with Gasteiger partial charge in [-0.1, -0.05) is 12.1 Å². The fourth-order valence-electron chi connectivity index (χ4n) is 4.15. The number of carbonyl (C=O) groups excluding carboxylic acids is 1. The van der Waals surface area contributed by atoms with Crippen molar-refractivity contribution in [3.8, 4) is 5.75 Å². The fraction of sp³-hybridized carbons (Fsp3) is 0.545. The number of piperidine rings is 1. The Morgan fingerprint density at radius 1 is 1.29 bits per heavy atom. The molecule has 0 N–H and O–H groups in total. The van der Waals surface area contributed by atoms with Gasteiger partial charge in [-0.2, -0.15) is 5.10 Å². The third-order valence-corrected chi connectivity index (χ3v) is 5.46. The number of ether oxygens (including phenoxy) is 2. The number of aromatic nitrogens is 2. The molecule has 0 saturated carbocycles. The van der Waals surface area contributed by atoms with Crippen molar-refractivity contribution in [1.82, 2.24) is 14.7 Å². The molecule has 28 heavy (non-hydrogen) atoms. The summed E-state index contributed by atoms with van der Waals surface area (Å²) in [6.07, 6.45) is 7.35. The van der Waals surface area contributed by atoms with Crippen molar-refractivity contribution in [2.24, 2.45) is 5.41 Å². The van der Waals surface area contributed by atoms with Crippen LogP contribution in [0.5, 0.6) is 5.75 Å². The molecule has 1 saturated heterocycles. The highest BCUT2D eigenvalue weighted by Gasteiger charge is 2.43. The van der Waals surface area contributed by atoms with E-state index in [4.69, 9.17) is 9.47 Å². The second-order valence-electron chi connectivity index (χ2n) is 7.53. The Morgan fingerprint density at radius 3 is 2.93 bits per heavy atom. The minimum absolute atomic E-state index is 0.0744. The van der Waals surface area contributed by atoms with Gasteiger partial charge >= 0.3 is 5.97 Å². The average molecular weight is 386 g/mol. The van der Waals surface area contributed by atoms with E-state index in [1.165, 1.54) is 0 Å². The second-order valence-corrected chi connectivity index (χ2v) is 7.53. The predicted molar refractivity (Wildman–Crippen MR) is 108 cm³/mol. The number of hydrogen-bond donors (Lipinski definition) is 0. The molecule has 0 unspecified atom stereocenters. The quantitative estimate of drug-likeness (QED) is 0.621. The predicted octanol–water partition coefficient (Wildman–Crippen LogP) is 3.17. The van der Waals surface area contributed by atoms with Gasteiger partial charge in [-0.3, -0.25) is 9.48 Å². The molecule has 1 atom stereocenters. The smallest absolute Gasteiger partial charge is 0.313 e. The lowest BCUT2D eigenvalue weighted by molar-refractivity contribution is -0.159. The van der Waals surface area contributed by atoms with Crippen LogP contribution in [0.4, 0.5) is 0 Å². The van der Waals surface area contributed by atoms with Crippen LogP contribution in [0.2, 0.25) is 0 Å². The molecular formula is C22H31N3O3. The van der Waals surface area contributed by atoms with Gasteiger partial charge in [0.15, 0.2) is 0 Å². The lowest BCUT2D eigenvalue weighted by Crippen LogP contribution is -2.50. The summed E-state index contributed by atoms with van der Waals surface area (Å²) in [6, 6.07) is 9.96. The van der Waals surface area contributed by atoms with Crippen LogP contribution in [-0.4, -0.2) is 54.0 Å². The van der Waals surface area contributed by atoms with E-state index in [0.29, 0.717) is 13.0 Å². The minimum Gasteiger partial charge on any atom is -0.497 e. The van der Waals surface area contributed by atoms with Gasteiger partial charge < -0.3 is 14.4 Å². The number of hydrogen-bond acceptors (Lipinski definition) is 5. The van der Waals surface area contributed by atoms with Crippen LogP contribution >= 0.6 is 0 Å². The molecule has 0 amide bonds. The Hall–Kier alpha value is -2.34. The summed E-state index contributed by atoms with van der Waals surface area (Å²) in [4.78, 5) is 15.4. The van der Waals surface area contributed by atoms with Gasteiger partial charge in [0, 0.05) is 25.5 Å². The van der Waals surface area contributed by atoms with Gasteiger partial charge in [0.2, 0.25) is 0 Å². The van der Waals surface area contributed by atoms with Crippen molar-refractivity contribution < 1.29 is 14.3 Å². The minimum atomic E-state index is -0.494. The highest BCUT2D eigenvalue weighted by molar-refractivity contribution is 5.78. The van der Waals surface area contributed by atoms with E-state index in [-0.39, 0.29) is 5.97 Å². The molecule has 1 aromatic heterocycles. The lowest BCUT2D eigenvalue weighted by Gasteiger charge is -2.41. The van der Waals surface area contributed by atoms with Gasteiger partial charge in [0.05, 0.1) is 19.1 Å². The van der Waals surface area contributed by atoms with E-state index in [0.717, 1.165) is 56.8 Å². The summed E-state index contributed by atoms with van der Waals surface area (Å²) in [6.45, 7) is 5.91. The first-order valence-corrected chi connectivity index (χ1v) is 10.1. The third-order valence-electron chi connectivity index (χ3n) is 5.46. The third kappa shape index (κ3) is 5.13. The molecule has 2 aromatic rings. The SMILES string of the molecule is CCOC(=O)[C@@]1(Cc2cccc(OC)c2)CCCN(CCCn2cccn2)C1. The maximum atomic E-state index is 13.0. The molecule has 1 aliphatic heterocycles. The van der Waals surface area contributed by atoms with Crippen molar-refractivity contribution in [2.45, 2.75) is 39.2 Å². The van der Waals surface area contributed by atoms with Gasteiger partial charge in [-0.15, -0.1) is 0 Å². The first-order valence-electron chi connectivity index (χ1n) is 10.1. The number of aryl methyl sites for hydroxylation is 1. The molecule has 2 heterocycles. The van der Waals surface area contributed by atoms with Crippen LogP contribution in [0.25, 0.3) is 0 Å². The average Bonchev–Trinajstić information content (AvgIpc) is 3.22. The molecule has 1 fully saturated rings. The van der Waals surface area contributed by atoms with E-state index in [1.54, 1.807) is 13.3 Å². The molecule has 6 heteroatoms. The molecule has 0 aliphatic carbocycles. The fourth-order valence-corrected chi connectivity index (χ4v) is 4.15. The molecule has 1 aliphatic rings. The van der Waals surface area contributed by atoms with Crippen LogP contribution in [-0.2, 0) is 22.5 Å². The van der Waals surface area contributed by atoms with Gasteiger partial charge in [-0.05, 0) is 69.5 Å². The zero-order valence-corrected chi connectivity index (χ0v) is 17.0. The van der Waals surface area contributed by atoms with E-state index in [2.05, 4.69) is 16.1 Å². The van der Waals surface area contributed by atoms with E-state index in [9.17, 15) is 4.79 Å². The number of benzene rings is 1. The largest absolute Gasteiger partial charge is 0.497 e. The number of carbonyl (C=O) groups is 1. The summed E-state index contributed by atoms with van der Waals surface area (Å²) in [5, 5.41) is 4.26. The first-order chi connectivity index (χ1) is 13.6. The van der Waals surface area contributed by atoms with Gasteiger partial charge in [-0.25, -0.2) is 0 Å². The summed E-state index contributed by atoms with van der Waals surface area (Å²) in [7, 11) is 1.67. The highest BCUT2D eigenvalue weighted by Crippen LogP contribution is 2.36. The maximum absolute atomic E-state index is 13.0. The normalized spacial score (nSPS) is 20.1. The molecule has 0 spiro atoms. The molecule has 0 bridgehead atoms. The van der Waals surface area contributed by atoms with Crippen LogP contribution in [0.3, 0.4) is 0 Å². The van der Waals surface area contributed by atoms with E-state index < -0.39 is 5.41 Å². The topological polar surface area (TPSA) is 56.6 Å². The Kier molecular flexibility index (Phi) is 7.09. The van der Waals surface area contributed by atoms with Crippen LogP contribution < -0.4 is 4.74 Å². The zero-order valence-electron chi connectivity index (χ0n) is 17.0. The molecular weight excluding hydrogens is 354 g/mol. The molecule has 0 radical (unpaired) electrons. The number of likely N-dealkylation sites (tertiary alicyclic amines) is 1. The number of esters is 1. The summed E-state index contributed by atoms with van der Waals surface area (Å²) in [5.74, 6) is 0.748. The Labute approximate surface area is 167 Å². The number of methoxy groups -OCH3 is 1. The summed E-state index contributed by atoms with van der Waals surface area (Å²) >= 11 is 0. The summed E-state index contributed by atoms with van der Waals surface area (Å²) < 4.78 is 12.8. The van der Waals surface area contributed by atoms with E-state index in [1.807, 2.05) is 42.1 Å². The Bertz CT molecular complexity index is 747. The molecule has 152 valence electrons. The Morgan fingerprint density at radius 2 is 2.18 bits per heavy atom. The number of nitrogens with zero attached hydrogens (tertiary/aromatic N) is 3. The van der Waals surface area contributed by atoms with Crippen molar-refractivity contribution in [3.63, 3.8) is 0 Å². The van der Waals surface area contributed by atoms with E-state index >= 15 is 0 Å². The van der Waals surface area contributed by atoms with Crippen molar-refractivity contribution >= 4 is 5.97 Å². The summed E-state index contributed by atoms with van der Waals surface area (Å²) in [5.41, 5.74) is 0.623. The Balaban J connectivity index is 1.69. The van der Waals surface area contributed by atoms with Crippen molar-refractivity contribution in [2.75, 3.05) is 33.4 Å². The standard InChI is InChI=1S/C22H31N3O3/c1-3-28-21(26)22(17-19-8-4-9-20(16-19)27-2)10-5-12-24(18-22)13-7-15-25-14-6-11-23-25/h4,6,8-9,11,14,16H,3,5,7,10,12-13,15,17-18H2,1-2H3/t22-/m1/s1. The van der Waals surface area contributed by atoms with Crippen LogP contribution in [0.15, 0.2) is 42.7 Å². The van der Waals surface area contributed by atoms with Crippen LogP contribution in [0, 0.1) is 5.41 Å². The maximum Gasteiger partial charge on any atom is 0.313 e. The highest BCUT2D eigenvalue weighted by atomic mass is 16.5. The van der Waals surface area contributed by atoms with Gasteiger partial charge in [0.1, 0.15) is 5.75 Å². The monoisotopic (exact) mass is 385 g/mol. The molecule has 3 rings (SSSR count). The second kappa shape index (κ2) is 9.73.